The molecule has 2 rings (SSSR count). The molecule has 0 saturated carbocycles. The highest BCUT2D eigenvalue weighted by molar-refractivity contribution is 5.79. The lowest BCUT2D eigenvalue weighted by Gasteiger charge is -2.25. The van der Waals surface area contributed by atoms with Crippen LogP contribution in [0.2, 0.25) is 0 Å². The quantitative estimate of drug-likeness (QED) is 0.852. The third-order valence-corrected chi connectivity index (χ3v) is 3.95. The molecule has 5 nitrogen and oxygen atoms in total. The summed E-state index contributed by atoms with van der Waals surface area (Å²) < 4.78 is 1.80. The summed E-state index contributed by atoms with van der Waals surface area (Å²) in [5.74, 6) is 0.0120. The number of aromatic nitrogens is 2. The molecule has 1 amide bonds. The third kappa shape index (κ3) is 4.43. The highest BCUT2D eigenvalue weighted by atomic mass is 16.2. The van der Waals surface area contributed by atoms with E-state index in [-0.39, 0.29) is 18.0 Å². The van der Waals surface area contributed by atoms with Crippen molar-refractivity contribution < 1.29 is 4.79 Å². The van der Waals surface area contributed by atoms with E-state index in [2.05, 4.69) is 41.3 Å². The molecule has 1 heterocycles. The van der Waals surface area contributed by atoms with Crippen LogP contribution in [0.4, 0.5) is 0 Å². The maximum absolute atomic E-state index is 12.1. The first-order valence-electron chi connectivity index (χ1n) is 7.57. The number of hydrogen-bond acceptors (Lipinski definition) is 3. The Labute approximate surface area is 132 Å². The van der Waals surface area contributed by atoms with Gasteiger partial charge < -0.3 is 9.88 Å². The molecule has 1 N–H and O–H groups in total. The Hall–Kier alpha value is -2.14. The summed E-state index contributed by atoms with van der Waals surface area (Å²) in [5.41, 5.74) is 1.27. The van der Waals surface area contributed by atoms with Crippen LogP contribution < -0.4 is 5.32 Å². The minimum atomic E-state index is -0.242. The molecule has 0 aliphatic rings. The van der Waals surface area contributed by atoms with Crippen LogP contribution in [0.5, 0.6) is 0 Å². The van der Waals surface area contributed by atoms with Gasteiger partial charge in [0.05, 0.1) is 6.33 Å². The van der Waals surface area contributed by atoms with Crippen LogP contribution in [0.25, 0.3) is 0 Å². The molecule has 2 atom stereocenters. The highest BCUT2D eigenvalue weighted by Crippen LogP contribution is 2.07. The first-order valence-corrected chi connectivity index (χ1v) is 7.57. The summed E-state index contributed by atoms with van der Waals surface area (Å²) in [5, 5.41) is 3.01. The van der Waals surface area contributed by atoms with Gasteiger partial charge in [-0.05, 0) is 26.5 Å². The molecular weight excluding hydrogens is 276 g/mol. The van der Waals surface area contributed by atoms with Gasteiger partial charge in [-0.1, -0.05) is 30.3 Å². The van der Waals surface area contributed by atoms with Crippen LogP contribution >= 0.6 is 0 Å². The fourth-order valence-electron chi connectivity index (χ4n) is 2.21. The number of benzene rings is 1. The molecule has 0 aliphatic heterocycles. The first kappa shape index (κ1) is 16.2. The lowest BCUT2D eigenvalue weighted by Crippen LogP contribution is -2.41. The number of amides is 1. The molecular formula is C17H24N4O. The van der Waals surface area contributed by atoms with Crippen molar-refractivity contribution in [3.8, 4) is 0 Å². The van der Waals surface area contributed by atoms with Gasteiger partial charge in [-0.3, -0.25) is 9.69 Å². The van der Waals surface area contributed by atoms with Crippen LogP contribution in [0.3, 0.4) is 0 Å². The van der Waals surface area contributed by atoms with Gasteiger partial charge in [-0.25, -0.2) is 4.98 Å². The van der Waals surface area contributed by atoms with Crippen molar-refractivity contribution in [2.45, 2.75) is 32.5 Å². The highest BCUT2D eigenvalue weighted by Gasteiger charge is 2.16. The Morgan fingerprint density at radius 1 is 1.32 bits per heavy atom. The summed E-state index contributed by atoms with van der Waals surface area (Å²) >= 11 is 0. The number of likely N-dealkylation sites (N-methyl/N-ethyl adjacent to an activating group) is 1. The zero-order valence-electron chi connectivity index (χ0n) is 13.4. The normalized spacial score (nSPS) is 13.8. The minimum absolute atomic E-state index is 0.0120. The molecule has 0 saturated heterocycles. The van der Waals surface area contributed by atoms with Gasteiger partial charge in [0.1, 0.15) is 6.04 Å². The number of carbonyl (C=O) groups excluding carboxylic acids is 1. The summed E-state index contributed by atoms with van der Waals surface area (Å²) in [4.78, 5) is 18.4. The maximum Gasteiger partial charge on any atom is 0.242 e. The van der Waals surface area contributed by atoms with Gasteiger partial charge in [-0.2, -0.15) is 0 Å². The van der Waals surface area contributed by atoms with Crippen molar-refractivity contribution in [2.24, 2.45) is 0 Å². The van der Waals surface area contributed by atoms with Crippen LogP contribution in [-0.4, -0.2) is 40.0 Å². The van der Waals surface area contributed by atoms with E-state index in [0.29, 0.717) is 6.54 Å². The standard InChI is InChI=1S/C17H24N4O/c1-14(20(3)12-16-7-5-4-6-8-16)11-19-17(22)15(2)21-10-9-18-13-21/h4-10,13-15H,11-12H2,1-3H3,(H,19,22)/t14-,15-/m1/s1. The van der Waals surface area contributed by atoms with Crippen LogP contribution in [-0.2, 0) is 11.3 Å². The zero-order valence-corrected chi connectivity index (χ0v) is 13.4. The van der Waals surface area contributed by atoms with E-state index in [1.165, 1.54) is 5.56 Å². The molecule has 5 heteroatoms. The third-order valence-electron chi connectivity index (χ3n) is 3.95. The van der Waals surface area contributed by atoms with Gasteiger partial charge in [0, 0.05) is 31.5 Å². The Balaban J connectivity index is 1.79. The number of hydrogen-bond donors (Lipinski definition) is 1. The molecule has 0 spiro atoms. The van der Waals surface area contributed by atoms with Gasteiger partial charge in [-0.15, -0.1) is 0 Å². The van der Waals surface area contributed by atoms with E-state index >= 15 is 0 Å². The lowest BCUT2D eigenvalue weighted by atomic mass is 10.2. The second-order valence-corrected chi connectivity index (χ2v) is 5.68. The molecule has 118 valence electrons. The Bertz CT molecular complexity index is 568. The van der Waals surface area contributed by atoms with E-state index in [0.717, 1.165) is 6.54 Å². The molecule has 22 heavy (non-hydrogen) atoms. The predicted molar refractivity (Wildman–Crippen MR) is 87.3 cm³/mol. The van der Waals surface area contributed by atoms with Crippen molar-refractivity contribution >= 4 is 5.91 Å². The van der Waals surface area contributed by atoms with Crippen LogP contribution in [0.15, 0.2) is 49.1 Å². The smallest absolute Gasteiger partial charge is 0.242 e. The number of nitrogens with zero attached hydrogens (tertiary/aromatic N) is 3. The van der Waals surface area contributed by atoms with Crippen LogP contribution in [0.1, 0.15) is 25.5 Å². The van der Waals surface area contributed by atoms with E-state index < -0.39 is 0 Å². The monoisotopic (exact) mass is 300 g/mol. The SMILES string of the molecule is C[C@H](CNC(=O)[C@@H](C)n1ccnc1)N(C)Cc1ccccc1. The molecule has 0 fully saturated rings. The molecule has 0 unspecified atom stereocenters. The van der Waals surface area contributed by atoms with Gasteiger partial charge in [0.2, 0.25) is 5.91 Å². The van der Waals surface area contributed by atoms with Gasteiger partial charge >= 0.3 is 0 Å². The average Bonchev–Trinajstić information content (AvgIpc) is 3.06. The number of imidazole rings is 1. The van der Waals surface area contributed by atoms with Crippen molar-refractivity contribution in [3.05, 3.63) is 54.6 Å². The average molecular weight is 300 g/mol. The number of rotatable bonds is 7. The zero-order chi connectivity index (χ0) is 15.9. The topological polar surface area (TPSA) is 50.2 Å². The maximum atomic E-state index is 12.1. The van der Waals surface area contributed by atoms with Crippen molar-refractivity contribution in [3.63, 3.8) is 0 Å². The number of nitrogens with one attached hydrogen (secondary N) is 1. The molecule has 0 aliphatic carbocycles. The fourth-order valence-corrected chi connectivity index (χ4v) is 2.21. The van der Waals surface area contributed by atoms with Crippen molar-refractivity contribution in [1.82, 2.24) is 19.8 Å². The summed E-state index contributed by atoms with van der Waals surface area (Å²) in [6.45, 7) is 5.48. The minimum Gasteiger partial charge on any atom is -0.353 e. The number of carbonyl (C=O) groups is 1. The second kappa shape index (κ2) is 7.75. The van der Waals surface area contributed by atoms with E-state index in [1.807, 2.05) is 25.1 Å². The molecule has 1 aromatic heterocycles. The first-order chi connectivity index (χ1) is 10.6. The molecule has 0 radical (unpaired) electrons. The Morgan fingerprint density at radius 3 is 2.68 bits per heavy atom. The summed E-state index contributed by atoms with van der Waals surface area (Å²) in [6.07, 6.45) is 5.14. The second-order valence-electron chi connectivity index (χ2n) is 5.68. The van der Waals surface area contributed by atoms with Gasteiger partial charge in [0.15, 0.2) is 0 Å². The fraction of sp³-hybridized carbons (Fsp3) is 0.412. The largest absolute Gasteiger partial charge is 0.353 e. The van der Waals surface area contributed by atoms with Crippen LogP contribution in [0, 0.1) is 0 Å². The Morgan fingerprint density at radius 2 is 2.05 bits per heavy atom. The lowest BCUT2D eigenvalue weighted by molar-refractivity contribution is -0.124. The summed E-state index contributed by atoms with van der Waals surface area (Å²) in [6, 6.07) is 10.4. The van der Waals surface area contributed by atoms with Crippen molar-refractivity contribution in [1.29, 1.82) is 0 Å². The van der Waals surface area contributed by atoms with E-state index in [9.17, 15) is 4.79 Å². The van der Waals surface area contributed by atoms with E-state index in [1.54, 1.807) is 23.3 Å². The van der Waals surface area contributed by atoms with E-state index in [4.69, 9.17) is 0 Å². The summed E-state index contributed by atoms with van der Waals surface area (Å²) in [7, 11) is 2.07. The Kier molecular flexibility index (Phi) is 5.72. The molecule has 2 aromatic rings. The predicted octanol–water partition coefficient (Wildman–Crippen LogP) is 2.08. The van der Waals surface area contributed by atoms with Gasteiger partial charge in [0.25, 0.3) is 0 Å². The molecule has 0 bridgehead atoms. The van der Waals surface area contributed by atoms with Crippen molar-refractivity contribution in [2.75, 3.05) is 13.6 Å². The molecule has 1 aromatic carbocycles.